The average molecular weight is 725 g/mol. The quantitative estimate of drug-likeness (QED) is 0.166. The lowest BCUT2D eigenvalue weighted by Gasteiger charge is -2.64. The molecule has 2 bridgehead atoms. The number of nitrogens with one attached hydrogen (secondary N) is 3. The van der Waals surface area contributed by atoms with Crippen LogP contribution in [0.25, 0.3) is 0 Å². The van der Waals surface area contributed by atoms with E-state index in [2.05, 4.69) is 47.0 Å². The van der Waals surface area contributed by atoms with Crippen LogP contribution in [-0.4, -0.2) is 95.0 Å². The maximum absolute atomic E-state index is 13.6. The van der Waals surface area contributed by atoms with Gasteiger partial charge in [-0.2, -0.15) is 0 Å². The van der Waals surface area contributed by atoms with Crippen LogP contribution in [0.4, 0.5) is 4.79 Å². The molecule has 16 heteroatoms. The molecule has 6 rings (SSSR count). The third-order valence-corrected chi connectivity index (χ3v) is 10.2. The maximum atomic E-state index is 13.6. The number of carbonyl (C=O) groups is 4. The Morgan fingerprint density at radius 1 is 1.02 bits per heavy atom. The molecule has 2 aromatic rings. The van der Waals surface area contributed by atoms with Crippen LogP contribution in [0.3, 0.4) is 0 Å². The van der Waals surface area contributed by atoms with Crippen molar-refractivity contribution >= 4 is 31.0 Å². The zero-order valence-corrected chi connectivity index (χ0v) is 32.0. The standard InChI is InChI=1S/C36H53BN6O9/c1-33(2,3)49-31(46)23-13-11-12-21(29(23)48-10)16-27(37-51-26-18-22-17-25(35(22,7)8)36(26,9)52-37)40-28(44)20-43-19-24(41-42-43)30(45)38-14-15-39-32(47)50-34(4,5)6/h11-13,19,22,25-27H,14-18,20H2,1-10H3,(H,38,45)(H,39,47)(H,40,44)/t22-,25-,26+,27-,36-/m0/s1. The highest BCUT2D eigenvalue weighted by Gasteiger charge is 2.68. The van der Waals surface area contributed by atoms with Crippen LogP contribution in [0.5, 0.6) is 5.75 Å². The second-order valence-electron chi connectivity index (χ2n) is 16.7. The van der Waals surface area contributed by atoms with Crippen LogP contribution >= 0.6 is 0 Å². The Balaban J connectivity index is 1.28. The number of esters is 1. The van der Waals surface area contributed by atoms with E-state index in [1.807, 2.05) is 6.07 Å². The number of para-hydroxylation sites is 1. The fourth-order valence-electron chi connectivity index (χ4n) is 7.63. The van der Waals surface area contributed by atoms with Gasteiger partial charge in [0.05, 0.1) is 31.0 Å². The minimum atomic E-state index is -0.782. The van der Waals surface area contributed by atoms with Crippen molar-refractivity contribution in [2.24, 2.45) is 17.3 Å². The lowest BCUT2D eigenvalue weighted by Crippen LogP contribution is -2.65. The number of rotatable bonds is 12. The first-order valence-electron chi connectivity index (χ1n) is 17.9. The zero-order valence-electron chi connectivity index (χ0n) is 32.0. The Kier molecular flexibility index (Phi) is 11.0. The summed E-state index contributed by atoms with van der Waals surface area (Å²) in [5.74, 6) is -0.943. The summed E-state index contributed by atoms with van der Waals surface area (Å²) in [6.07, 6.45) is 2.81. The minimum absolute atomic E-state index is 0.00590. The van der Waals surface area contributed by atoms with Crippen molar-refractivity contribution in [3.8, 4) is 5.75 Å². The van der Waals surface area contributed by atoms with Crippen molar-refractivity contribution in [2.45, 2.75) is 117 Å². The van der Waals surface area contributed by atoms with Gasteiger partial charge in [-0.15, -0.1) is 5.10 Å². The molecule has 4 aliphatic rings. The third-order valence-electron chi connectivity index (χ3n) is 10.2. The van der Waals surface area contributed by atoms with Gasteiger partial charge in [-0.1, -0.05) is 31.2 Å². The lowest BCUT2D eigenvalue weighted by atomic mass is 9.43. The number of benzene rings is 1. The number of amides is 3. The van der Waals surface area contributed by atoms with Crippen molar-refractivity contribution in [2.75, 3.05) is 20.2 Å². The smallest absolute Gasteiger partial charge is 0.482 e. The van der Waals surface area contributed by atoms with Gasteiger partial charge in [-0.25, -0.2) is 14.3 Å². The van der Waals surface area contributed by atoms with Gasteiger partial charge in [-0.3, -0.25) is 9.59 Å². The molecule has 3 N–H and O–H groups in total. The molecule has 15 nitrogen and oxygen atoms in total. The third kappa shape index (κ3) is 8.71. The maximum Gasteiger partial charge on any atom is 0.482 e. The molecule has 52 heavy (non-hydrogen) atoms. The molecule has 2 heterocycles. The summed E-state index contributed by atoms with van der Waals surface area (Å²) in [6.45, 7) is 17.4. The van der Waals surface area contributed by atoms with Crippen molar-refractivity contribution in [1.82, 2.24) is 30.9 Å². The summed E-state index contributed by atoms with van der Waals surface area (Å²) in [6, 6.07) is 5.23. The van der Waals surface area contributed by atoms with E-state index in [1.165, 1.54) is 18.0 Å². The molecule has 0 unspecified atom stereocenters. The van der Waals surface area contributed by atoms with Gasteiger partial charge in [0.25, 0.3) is 5.91 Å². The predicted octanol–water partition coefficient (Wildman–Crippen LogP) is 3.49. The molecule has 284 valence electrons. The molecule has 4 fully saturated rings. The Hall–Kier alpha value is -4.18. The van der Waals surface area contributed by atoms with Crippen molar-refractivity contribution in [1.29, 1.82) is 0 Å². The molecule has 3 saturated carbocycles. The van der Waals surface area contributed by atoms with E-state index in [9.17, 15) is 19.2 Å². The molecule has 1 aliphatic heterocycles. The number of aromatic nitrogens is 3. The van der Waals surface area contributed by atoms with Gasteiger partial charge in [0, 0.05) is 13.1 Å². The molecule has 1 saturated heterocycles. The summed E-state index contributed by atoms with van der Waals surface area (Å²) < 4.78 is 31.2. The Morgan fingerprint density at radius 3 is 2.37 bits per heavy atom. The van der Waals surface area contributed by atoms with E-state index < -0.39 is 53.7 Å². The Labute approximate surface area is 305 Å². The molecule has 0 radical (unpaired) electrons. The number of hydrogen-bond donors (Lipinski definition) is 3. The highest BCUT2D eigenvalue weighted by Crippen LogP contribution is 2.65. The van der Waals surface area contributed by atoms with Crippen LogP contribution in [0.15, 0.2) is 24.4 Å². The molecule has 5 atom stereocenters. The number of ether oxygens (including phenoxy) is 3. The van der Waals surface area contributed by atoms with Gasteiger partial charge < -0.3 is 39.5 Å². The van der Waals surface area contributed by atoms with E-state index in [0.29, 0.717) is 23.1 Å². The molecule has 1 aromatic heterocycles. The van der Waals surface area contributed by atoms with E-state index in [-0.39, 0.29) is 48.8 Å². The molecule has 3 amide bonds. The second kappa shape index (κ2) is 14.7. The Bertz CT molecular complexity index is 1670. The van der Waals surface area contributed by atoms with Crippen LogP contribution in [0.2, 0.25) is 0 Å². The molecule has 0 spiro atoms. The summed E-state index contributed by atoms with van der Waals surface area (Å²) in [7, 11) is 0.708. The SMILES string of the molecule is COc1c(C[C@H](NC(=O)Cn2cc(C(=O)NCCNC(=O)OC(C)(C)C)nn2)B2O[C@@H]3C[C@@H]4C[C@@H](C4(C)C)[C@]3(C)O2)cccc1C(=O)OC(C)(C)C. The fourth-order valence-corrected chi connectivity index (χ4v) is 7.63. The fraction of sp³-hybridized carbons (Fsp3) is 0.667. The molecule has 3 aliphatic carbocycles. The van der Waals surface area contributed by atoms with E-state index >= 15 is 0 Å². The van der Waals surface area contributed by atoms with E-state index in [0.717, 1.165) is 12.8 Å². The first kappa shape index (κ1) is 39.0. The molecular formula is C36H53BN6O9. The summed E-state index contributed by atoms with van der Waals surface area (Å²) >= 11 is 0. The first-order chi connectivity index (χ1) is 24.2. The highest BCUT2D eigenvalue weighted by molar-refractivity contribution is 6.48. The summed E-state index contributed by atoms with van der Waals surface area (Å²) in [4.78, 5) is 51.2. The molecular weight excluding hydrogens is 671 g/mol. The average Bonchev–Trinajstić information content (AvgIpc) is 3.64. The number of nitrogens with zero attached hydrogens (tertiary/aromatic N) is 3. The topological polar surface area (TPSA) is 181 Å². The minimum Gasteiger partial charge on any atom is -0.496 e. The summed E-state index contributed by atoms with van der Waals surface area (Å²) in [5.41, 5.74) is -0.806. The monoisotopic (exact) mass is 724 g/mol. The summed E-state index contributed by atoms with van der Waals surface area (Å²) in [5, 5.41) is 16.2. The number of methoxy groups -OCH3 is 1. The van der Waals surface area contributed by atoms with Gasteiger partial charge >= 0.3 is 19.2 Å². The van der Waals surface area contributed by atoms with Crippen LogP contribution in [0, 0.1) is 17.3 Å². The number of hydrogen-bond acceptors (Lipinski definition) is 11. The van der Waals surface area contributed by atoms with E-state index in [1.54, 1.807) is 53.7 Å². The number of alkyl carbamates (subject to hydrolysis) is 1. The van der Waals surface area contributed by atoms with Crippen molar-refractivity contribution in [3.63, 3.8) is 0 Å². The van der Waals surface area contributed by atoms with E-state index in [4.69, 9.17) is 23.5 Å². The largest absolute Gasteiger partial charge is 0.496 e. The normalized spacial score (nSPS) is 23.8. The van der Waals surface area contributed by atoms with Gasteiger partial charge in [0.2, 0.25) is 5.91 Å². The highest BCUT2D eigenvalue weighted by atomic mass is 16.7. The Morgan fingerprint density at radius 2 is 1.71 bits per heavy atom. The van der Waals surface area contributed by atoms with Crippen molar-refractivity contribution in [3.05, 3.63) is 41.2 Å². The zero-order chi connectivity index (χ0) is 38.2. The van der Waals surface area contributed by atoms with Gasteiger partial charge in [-0.05, 0) is 96.6 Å². The van der Waals surface area contributed by atoms with Gasteiger partial charge in [0.1, 0.15) is 29.1 Å². The molecule has 1 aromatic carbocycles. The lowest BCUT2D eigenvalue weighted by molar-refractivity contribution is -0.199. The van der Waals surface area contributed by atoms with Gasteiger partial charge in [0.15, 0.2) is 5.69 Å². The van der Waals surface area contributed by atoms with Crippen LogP contribution in [0.1, 0.15) is 102 Å². The number of carbonyl (C=O) groups excluding carboxylic acids is 4. The first-order valence-corrected chi connectivity index (χ1v) is 17.9. The predicted molar refractivity (Wildman–Crippen MR) is 191 cm³/mol. The van der Waals surface area contributed by atoms with Crippen molar-refractivity contribution < 1.29 is 42.7 Å². The van der Waals surface area contributed by atoms with Crippen LogP contribution < -0.4 is 20.7 Å². The second-order valence-corrected chi connectivity index (χ2v) is 16.7. The van der Waals surface area contributed by atoms with Crippen LogP contribution in [-0.2, 0) is 36.5 Å².